The summed E-state index contributed by atoms with van der Waals surface area (Å²) in [5.41, 5.74) is 14.2. The summed E-state index contributed by atoms with van der Waals surface area (Å²) in [5, 5.41) is 5.34. The van der Waals surface area contributed by atoms with Gasteiger partial charge in [0.25, 0.3) is 11.8 Å². The molecule has 15 rings (SSSR count). The maximum Gasteiger partial charge on any atom is 0.418 e. The lowest BCUT2D eigenvalue weighted by molar-refractivity contribution is -0.143. The number of likely N-dealkylation sites (tertiary alicyclic amines) is 4. The molecule has 0 saturated carbocycles. The average molecular weight is 1720 g/mol. The van der Waals surface area contributed by atoms with Crippen LogP contribution in [0.5, 0.6) is 11.5 Å². The third kappa shape index (κ3) is 22.0. The van der Waals surface area contributed by atoms with Crippen molar-refractivity contribution in [3.63, 3.8) is 0 Å². The SMILES string of the molecule is Nc1c(Cl)cc(C[C@@H](OC(=O)N2CCC(N3CCc4ccccc4NC3=O)CC2)C(=O)N2CCN(C3CCN(CC(=O)Oc4ccc5c(c4)CCC5)CC3)CC2)cc1C(F)(F)F.Nc1c(Cl)cc(C[C@@H](OC(=O)N2CCC(N3CCc4ccccc4NC3=O)CC2)C(=O)N2CCN(C3CCN(CC(=O)Oc4ccccc4)CC3)CC2)cc1C(F)(F)F. The molecular formula is C87H102Cl2F6N14O12. The topological polar surface area (TPSA) is 282 Å². The van der Waals surface area contributed by atoms with Crippen LogP contribution in [0.2, 0.25) is 10.0 Å². The summed E-state index contributed by atoms with van der Waals surface area (Å²) in [5.74, 6) is -0.519. The molecule has 0 unspecified atom stereocenters. The minimum absolute atomic E-state index is 0.0487. The van der Waals surface area contributed by atoms with E-state index < -0.39 is 71.1 Å². The van der Waals surface area contributed by atoms with Crippen molar-refractivity contribution in [3.05, 3.63) is 176 Å². The molecule has 121 heavy (non-hydrogen) atoms. The number of piperidine rings is 4. The van der Waals surface area contributed by atoms with E-state index in [1.807, 2.05) is 84.9 Å². The van der Waals surface area contributed by atoms with Gasteiger partial charge in [0.05, 0.1) is 45.6 Å². The van der Waals surface area contributed by atoms with Gasteiger partial charge in [-0.15, -0.1) is 0 Å². The number of nitrogen functional groups attached to an aromatic ring is 2. The number of alkyl halides is 6. The number of carbonyl (C=O) groups is 8. The molecule has 34 heteroatoms. The zero-order chi connectivity index (χ0) is 85.2. The first-order valence-corrected chi connectivity index (χ1v) is 42.5. The van der Waals surface area contributed by atoms with E-state index >= 15 is 0 Å². The molecule has 0 radical (unpaired) electrons. The van der Waals surface area contributed by atoms with Gasteiger partial charge in [-0.2, -0.15) is 26.3 Å². The molecule has 8 heterocycles. The fourth-order valence-electron chi connectivity index (χ4n) is 18.1. The molecule has 6 aromatic rings. The molecule has 8 amide bonds. The number of fused-ring (bicyclic) bond motifs is 3. The highest BCUT2D eigenvalue weighted by molar-refractivity contribution is 6.33. The number of rotatable bonds is 18. The lowest BCUT2D eigenvalue weighted by Gasteiger charge is -2.43. The number of aryl methyl sites for hydroxylation is 2. The van der Waals surface area contributed by atoms with E-state index in [4.69, 9.17) is 53.6 Å². The van der Waals surface area contributed by atoms with Gasteiger partial charge in [-0.1, -0.05) is 83.9 Å². The Hall–Kier alpha value is -10.1. The molecule has 1 aliphatic carbocycles. The van der Waals surface area contributed by atoms with Crippen LogP contribution in [0.25, 0.3) is 0 Å². The third-order valence-corrected chi connectivity index (χ3v) is 25.5. The number of amides is 8. The predicted octanol–water partition coefficient (Wildman–Crippen LogP) is 12.0. The lowest BCUT2D eigenvalue weighted by atomic mass is 10.0. The number of nitrogens with one attached hydrogen (secondary N) is 2. The summed E-state index contributed by atoms with van der Waals surface area (Å²) in [6.07, 6.45) is -4.79. The van der Waals surface area contributed by atoms with Crippen LogP contribution in [0.4, 0.5) is 68.3 Å². The zero-order valence-corrected chi connectivity index (χ0v) is 68.8. The van der Waals surface area contributed by atoms with Crippen molar-refractivity contribution in [1.29, 1.82) is 0 Å². The van der Waals surface area contributed by atoms with Gasteiger partial charge in [-0.3, -0.25) is 38.8 Å². The number of nitrogens with two attached hydrogens (primary N) is 2. The first-order chi connectivity index (χ1) is 58.1. The van der Waals surface area contributed by atoms with Gasteiger partial charge in [-0.25, -0.2) is 19.2 Å². The number of piperazine rings is 2. The summed E-state index contributed by atoms with van der Waals surface area (Å²) in [7, 11) is 0. The average Bonchev–Trinajstić information content (AvgIpc) is 1.61. The molecule has 6 N–H and O–H groups in total. The van der Waals surface area contributed by atoms with E-state index in [1.165, 1.54) is 33.1 Å². The van der Waals surface area contributed by atoms with Crippen LogP contribution < -0.4 is 31.6 Å². The van der Waals surface area contributed by atoms with Gasteiger partial charge < -0.3 is 70.4 Å². The fraction of sp³-hybridized carbons (Fsp3) is 0.494. The maximum atomic E-state index is 14.2. The number of nitrogens with zero attached hydrogens (tertiary/aromatic N) is 10. The van der Waals surface area contributed by atoms with Gasteiger partial charge in [0.15, 0.2) is 12.2 Å². The van der Waals surface area contributed by atoms with E-state index in [0.29, 0.717) is 129 Å². The second-order valence-corrected chi connectivity index (χ2v) is 33.3. The van der Waals surface area contributed by atoms with Crippen molar-refractivity contribution in [1.82, 2.24) is 49.0 Å². The van der Waals surface area contributed by atoms with E-state index in [1.54, 1.807) is 31.7 Å². The highest BCUT2D eigenvalue weighted by atomic mass is 35.5. The van der Waals surface area contributed by atoms with Crippen LogP contribution in [0, 0.1) is 0 Å². The highest BCUT2D eigenvalue weighted by Gasteiger charge is 2.43. The summed E-state index contributed by atoms with van der Waals surface area (Å²) in [4.78, 5) is 126. The van der Waals surface area contributed by atoms with Gasteiger partial charge in [0, 0.05) is 166 Å². The number of hydrogen-bond acceptors (Lipinski definition) is 18. The molecule has 26 nitrogen and oxygen atoms in total. The number of anilines is 4. The fourth-order valence-corrected chi connectivity index (χ4v) is 18.6. The van der Waals surface area contributed by atoms with E-state index in [9.17, 15) is 64.7 Å². The van der Waals surface area contributed by atoms with E-state index in [-0.39, 0.29) is 121 Å². The van der Waals surface area contributed by atoms with Crippen LogP contribution in [0.3, 0.4) is 0 Å². The molecule has 6 aromatic carbocycles. The molecule has 0 bridgehead atoms. The molecular weight excluding hydrogens is 1620 g/mol. The summed E-state index contributed by atoms with van der Waals surface area (Å²) in [6, 6.07) is 34.2. The maximum absolute atomic E-state index is 14.2. The Bertz CT molecular complexity index is 4720. The van der Waals surface area contributed by atoms with Crippen molar-refractivity contribution in [2.75, 3.05) is 153 Å². The second kappa shape index (κ2) is 38.9. The third-order valence-electron chi connectivity index (χ3n) is 24.9. The highest BCUT2D eigenvalue weighted by Crippen LogP contribution is 2.41. The smallest absolute Gasteiger partial charge is 0.418 e. The monoisotopic (exact) mass is 1720 g/mol. The first kappa shape index (κ1) is 87.2. The Balaban J connectivity index is 0.000000198. The van der Waals surface area contributed by atoms with Crippen LogP contribution in [-0.2, 0) is 79.5 Å². The summed E-state index contributed by atoms with van der Waals surface area (Å²) < 4.78 is 107. The number of benzene rings is 6. The molecule has 8 aliphatic heterocycles. The zero-order valence-electron chi connectivity index (χ0n) is 67.3. The van der Waals surface area contributed by atoms with Gasteiger partial charge in [0.2, 0.25) is 0 Å². The quantitative estimate of drug-likeness (QED) is 0.0269. The second-order valence-electron chi connectivity index (χ2n) is 32.5. The van der Waals surface area contributed by atoms with Gasteiger partial charge in [-0.05, 0) is 178 Å². The Morgan fingerprint density at radius 2 is 0.802 bits per heavy atom. The largest absolute Gasteiger partial charge is 0.436 e. The van der Waals surface area contributed by atoms with Crippen LogP contribution in [0.1, 0.15) is 102 Å². The number of carbonyl (C=O) groups excluding carboxylic acids is 8. The number of para-hydroxylation sites is 3. The molecule has 648 valence electrons. The minimum atomic E-state index is -4.80. The molecule has 6 saturated heterocycles. The summed E-state index contributed by atoms with van der Waals surface area (Å²) >= 11 is 12.3. The van der Waals surface area contributed by atoms with Gasteiger partial charge in [0.1, 0.15) is 11.5 Å². The van der Waals surface area contributed by atoms with Crippen molar-refractivity contribution >= 4 is 94.0 Å². The normalized spacial score (nSPS) is 19.7. The number of urea groups is 2. The number of halogens is 8. The van der Waals surface area contributed by atoms with Gasteiger partial charge >= 0.3 is 48.5 Å². The number of hydrogen-bond donors (Lipinski definition) is 4. The summed E-state index contributed by atoms with van der Waals surface area (Å²) in [6.45, 7) is 8.96. The Morgan fingerprint density at radius 1 is 0.413 bits per heavy atom. The van der Waals surface area contributed by atoms with Crippen LogP contribution in [-0.4, -0.2) is 264 Å². The van der Waals surface area contributed by atoms with Crippen molar-refractivity contribution in [3.8, 4) is 11.5 Å². The number of ether oxygens (including phenoxy) is 4. The Kier molecular flexibility index (Phi) is 28.1. The van der Waals surface area contributed by atoms with Crippen LogP contribution in [0.15, 0.2) is 121 Å². The number of esters is 2. The Morgan fingerprint density at radius 3 is 1.22 bits per heavy atom. The molecule has 9 aliphatic rings. The first-order valence-electron chi connectivity index (χ1n) is 41.7. The standard InChI is InChI=1S/C45H53ClF3N7O6.C42H49ClF3N7O6/c46-37-25-29(24-36(41(37)50)45(47,48)49)26-39(62-44(60)55-17-13-34(14-18-55)56-19-10-31-4-1-2-7-38(31)51-43(56)59)42(58)54-22-20-53(21-23-54)33-11-15-52(16-12-33)28-40(57)61-35-9-8-30-5-3-6-32(30)27-35;43-34-25-28(24-33(38(34)47)42(44,45)46)26-36(59-41(57)52-17-13-31(14-18-52)53-19-10-29-6-4-5-9-35(29)48-40(53)56)39(55)51-22-20-50(21-23-51)30-11-15-49(16-12-30)27-37(54)58-32-7-2-1-3-8-32/h1-2,4,7-9,24-25,27,33-34,39H,3,5-6,10-23,26,28,50H2,(H,51,59);1-9,24-25,30-31,36H,10-23,26-27,47H2,(H,48,56)/t39-;36-/m11/s1. The predicted molar refractivity (Wildman–Crippen MR) is 442 cm³/mol. The van der Waals surface area contributed by atoms with Crippen molar-refractivity contribution < 1.29 is 83.6 Å². The molecule has 0 spiro atoms. The van der Waals surface area contributed by atoms with E-state index in [2.05, 4.69) is 30.2 Å². The lowest BCUT2D eigenvalue weighted by Crippen LogP contribution is -2.57. The molecule has 6 fully saturated rings. The van der Waals surface area contributed by atoms with Crippen molar-refractivity contribution in [2.24, 2.45) is 0 Å². The van der Waals surface area contributed by atoms with E-state index in [0.717, 1.165) is 92.7 Å². The molecule has 0 aromatic heterocycles. The minimum Gasteiger partial charge on any atom is -0.436 e. The molecule has 2 atom stereocenters. The van der Waals surface area contributed by atoms with Crippen LogP contribution >= 0.6 is 23.2 Å². The Labute approximate surface area is 708 Å². The van der Waals surface area contributed by atoms with Crippen molar-refractivity contribution in [2.45, 2.75) is 145 Å².